The van der Waals surface area contributed by atoms with Gasteiger partial charge in [0.15, 0.2) is 12.4 Å². The van der Waals surface area contributed by atoms with Gasteiger partial charge in [-0.2, -0.15) is 13.2 Å². The normalized spacial score (nSPS) is 15.0. The Morgan fingerprint density at radius 3 is 2.29 bits per heavy atom. The largest absolute Gasteiger partial charge is 0.489 e. The number of nitrogens with zero attached hydrogens (tertiary/aromatic N) is 4. The van der Waals surface area contributed by atoms with Gasteiger partial charge in [0, 0.05) is 17.8 Å². The van der Waals surface area contributed by atoms with E-state index in [2.05, 4.69) is 10.2 Å². The first kappa shape index (κ1) is 36.5. The van der Waals surface area contributed by atoms with E-state index in [4.69, 9.17) is 25.8 Å². The van der Waals surface area contributed by atoms with Gasteiger partial charge in [-0.25, -0.2) is 18.5 Å². The highest BCUT2D eigenvalue weighted by Crippen LogP contribution is 2.38. The second-order valence-electron chi connectivity index (χ2n) is 11.1. The minimum Gasteiger partial charge on any atom is -0.489 e. The van der Waals surface area contributed by atoms with Crippen molar-refractivity contribution in [1.29, 1.82) is 0 Å². The summed E-state index contributed by atoms with van der Waals surface area (Å²) in [6, 6.07) is 7.34. The van der Waals surface area contributed by atoms with E-state index in [1.165, 1.54) is 35.2 Å². The van der Waals surface area contributed by atoms with Crippen LogP contribution >= 0.6 is 22.9 Å². The van der Waals surface area contributed by atoms with Crippen LogP contribution < -0.4 is 19.3 Å². The molecule has 1 aromatic heterocycles. The highest BCUT2D eigenvalue weighted by molar-refractivity contribution is 7.13. The molecule has 2 heterocycles. The number of cyclic esters (lactones) is 1. The van der Waals surface area contributed by atoms with Crippen molar-refractivity contribution in [2.75, 3.05) is 16.4 Å². The monoisotopic (exact) mass is 716 g/mol. The molecule has 5 rings (SSSR count). The summed E-state index contributed by atoms with van der Waals surface area (Å²) in [6.07, 6.45) is -1.61. The molecule has 0 radical (unpaired) electrons. The Kier molecular flexibility index (Phi) is 11.6. The minimum absolute atomic E-state index is 0.00962. The molecule has 2 aromatic carbocycles. The van der Waals surface area contributed by atoms with E-state index in [-0.39, 0.29) is 50.9 Å². The molecule has 1 aliphatic carbocycles. The smallest absolute Gasteiger partial charge is 0.445 e. The van der Waals surface area contributed by atoms with Crippen LogP contribution in [-0.2, 0) is 20.5 Å². The Labute approximate surface area is 281 Å². The number of aromatic nitrogens is 2. The van der Waals surface area contributed by atoms with Gasteiger partial charge in [0.25, 0.3) is 11.1 Å². The summed E-state index contributed by atoms with van der Waals surface area (Å²) in [6.45, 7) is 6.25. The summed E-state index contributed by atoms with van der Waals surface area (Å²) in [5, 5.41) is 4.82. The van der Waals surface area contributed by atoms with Crippen LogP contribution in [0.1, 0.15) is 58.4 Å². The van der Waals surface area contributed by atoms with Crippen LogP contribution in [0.2, 0.25) is 5.02 Å². The molecule has 258 valence electrons. The molecule has 10 nitrogen and oxygen atoms in total. The number of carbonyl (C=O) groups excluding carboxylic acids is 3. The number of rotatable bonds is 8. The molecule has 3 amide bonds. The maximum atomic E-state index is 14.3. The van der Waals surface area contributed by atoms with Gasteiger partial charge in [0.2, 0.25) is 5.01 Å². The lowest BCUT2D eigenvalue weighted by molar-refractivity contribution is -0.138. The predicted octanol–water partition coefficient (Wildman–Crippen LogP) is 8.09. The standard InChI is InChI=1S/C17H17ClFNO4.C14H13F4N3O2S/c1-9(2)15-16(21)20(17(22)24-15)13-8-14(11(18)7-12(13)19)23-10-5-3-4-6-10;1-8(2)21(10-5-3-9(15)4-6-10)11(22)7-23-13-20-19-12(24-13)14(16,17)18/h7-8,10H,3-6H2,1-2H3;3-6,8H,7H2,1-2H3. The molecule has 0 N–H and O–H groups in total. The van der Waals surface area contributed by atoms with Gasteiger partial charge in [-0.15, -0.1) is 5.10 Å². The lowest BCUT2D eigenvalue weighted by Gasteiger charge is -2.26. The molecule has 0 spiro atoms. The molecule has 0 atom stereocenters. The molecule has 3 aromatic rings. The van der Waals surface area contributed by atoms with E-state index < -0.39 is 47.3 Å². The van der Waals surface area contributed by atoms with E-state index in [0.717, 1.165) is 31.7 Å². The summed E-state index contributed by atoms with van der Waals surface area (Å²) < 4.78 is 80.3. The number of allylic oxidation sites excluding steroid dienone is 1. The third-order valence-corrected chi connectivity index (χ3v) is 8.10. The van der Waals surface area contributed by atoms with Crippen LogP contribution in [0.4, 0.5) is 38.1 Å². The molecule has 1 aliphatic heterocycles. The molecule has 1 saturated heterocycles. The van der Waals surface area contributed by atoms with Gasteiger partial charge >= 0.3 is 18.2 Å². The second-order valence-corrected chi connectivity index (χ2v) is 12.4. The number of hydrogen-bond donors (Lipinski definition) is 0. The van der Waals surface area contributed by atoms with E-state index in [9.17, 15) is 36.3 Å². The highest BCUT2D eigenvalue weighted by atomic mass is 35.5. The number of benzene rings is 2. The first-order valence-corrected chi connectivity index (χ1v) is 15.8. The molecule has 0 unspecified atom stereocenters. The Hall–Kier alpha value is -4.31. The minimum atomic E-state index is -4.61. The van der Waals surface area contributed by atoms with Crippen molar-refractivity contribution >= 4 is 52.2 Å². The SMILES string of the molecule is CC(C)=C1OC(=O)N(c2cc(OC3CCCC3)c(Cl)cc2F)C1=O.CC(C)N(C(=O)COc1nnc(C(F)(F)F)s1)c1ccc(F)cc1. The summed E-state index contributed by atoms with van der Waals surface area (Å²) in [7, 11) is 0. The van der Waals surface area contributed by atoms with E-state index in [0.29, 0.717) is 16.2 Å². The van der Waals surface area contributed by atoms with Crippen LogP contribution in [0.25, 0.3) is 0 Å². The quantitative estimate of drug-likeness (QED) is 0.170. The first-order valence-electron chi connectivity index (χ1n) is 14.6. The Morgan fingerprint density at radius 2 is 1.75 bits per heavy atom. The van der Waals surface area contributed by atoms with Gasteiger partial charge in [-0.1, -0.05) is 28.0 Å². The molecule has 17 heteroatoms. The number of ether oxygens (including phenoxy) is 3. The molecule has 48 heavy (non-hydrogen) atoms. The van der Waals surface area contributed by atoms with Crippen LogP contribution in [0, 0.1) is 11.6 Å². The van der Waals surface area contributed by atoms with Gasteiger partial charge in [0.1, 0.15) is 17.4 Å². The third kappa shape index (κ3) is 8.78. The van der Waals surface area contributed by atoms with E-state index in [1.807, 2.05) is 0 Å². The van der Waals surface area contributed by atoms with Crippen LogP contribution in [0.3, 0.4) is 0 Å². The lowest BCUT2D eigenvalue weighted by atomic mass is 10.2. The van der Waals surface area contributed by atoms with Gasteiger partial charge in [0.05, 0.1) is 16.8 Å². The Balaban J connectivity index is 0.000000217. The van der Waals surface area contributed by atoms with Crippen LogP contribution in [0.15, 0.2) is 47.7 Å². The summed E-state index contributed by atoms with van der Waals surface area (Å²) in [4.78, 5) is 38.6. The molecular weight excluding hydrogens is 687 g/mol. The van der Waals surface area contributed by atoms with Crippen LogP contribution in [-0.4, -0.2) is 46.9 Å². The van der Waals surface area contributed by atoms with Crippen LogP contribution in [0.5, 0.6) is 10.9 Å². The average molecular weight is 717 g/mol. The second kappa shape index (κ2) is 15.3. The summed E-state index contributed by atoms with van der Waals surface area (Å²) in [5.74, 6) is -2.27. The molecule has 0 bridgehead atoms. The van der Waals surface area contributed by atoms with Crippen molar-refractivity contribution in [3.05, 3.63) is 69.4 Å². The topological polar surface area (TPSA) is 111 Å². The average Bonchev–Trinajstić information content (AvgIpc) is 3.76. The Morgan fingerprint density at radius 1 is 1.10 bits per heavy atom. The van der Waals surface area contributed by atoms with E-state index >= 15 is 0 Å². The highest BCUT2D eigenvalue weighted by Gasteiger charge is 2.40. The number of halogens is 6. The fraction of sp³-hybridized carbons (Fsp3) is 0.387. The number of hydrogen-bond acceptors (Lipinski definition) is 9. The third-order valence-electron chi connectivity index (χ3n) is 6.92. The van der Waals surface area contributed by atoms with Crippen molar-refractivity contribution in [2.24, 2.45) is 0 Å². The number of carbonyl (C=O) groups is 3. The van der Waals surface area contributed by atoms with Gasteiger partial charge in [-0.3, -0.25) is 9.59 Å². The van der Waals surface area contributed by atoms with Crippen molar-refractivity contribution in [3.63, 3.8) is 0 Å². The van der Waals surface area contributed by atoms with Crippen molar-refractivity contribution < 1.29 is 50.5 Å². The summed E-state index contributed by atoms with van der Waals surface area (Å²) in [5.41, 5.74) is 0.763. The zero-order valence-electron chi connectivity index (χ0n) is 26.1. The van der Waals surface area contributed by atoms with Crippen molar-refractivity contribution in [1.82, 2.24) is 10.2 Å². The predicted molar refractivity (Wildman–Crippen MR) is 166 cm³/mol. The first-order chi connectivity index (χ1) is 22.6. The molecule has 1 saturated carbocycles. The number of alkyl halides is 3. The number of anilines is 2. The van der Waals surface area contributed by atoms with Gasteiger partial charge < -0.3 is 19.1 Å². The zero-order chi connectivity index (χ0) is 35.3. The van der Waals surface area contributed by atoms with Crippen molar-refractivity contribution in [2.45, 2.75) is 71.7 Å². The molecule has 2 fully saturated rings. The summed E-state index contributed by atoms with van der Waals surface area (Å²) >= 11 is 6.25. The maximum Gasteiger partial charge on any atom is 0.445 e. The maximum absolute atomic E-state index is 14.3. The van der Waals surface area contributed by atoms with Gasteiger partial charge in [-0.05, 0) is 89.3 Å². The number of imide groups is 1. The fourth-order valence-electron chi connectivity index (χ4n) is 4.76. The van der Waals surface area contributed by atoms with E-state index in [1.54, 1.807) is 27.7 Å². The Bertz CT molecular complexity index is 1690. The van der Waals surface area contributed by atoms with Crippen molar-refractivity contribution in [3.8, 4) is 10.9 Å². The molecular formula is C31H30ClF5N4O6S. The lowest BCUT2D eigenvalue weighted by Crippen LogP contribution is -2.40. The molecule has 2 aliphatic rings. The zero-order valence-corrected chi connectivity index (χ0v) is 27.6. The number of amides is 3. The fourth-order valence-corrected chi connectivity index (χ4v) is 5.52.